The Morgan fingerprint density at radius 2 is 1.85 bits per heavy atom. The Bertz CT molecular complexity index is 1100. The standard InChI is InChI=1S/C22H23FN2O9/c1-10-15(19(26)22(28)9-33-18-14(34-25(29)30)8-32-20(18)22)17(12-4-6-13(23)7-5-12)16(11(2)24-10)21(27)31-3/h4-7,14,17-18,20,24,28H,8-9H2,1-3H3/t14-,17?,18-,20+,22-/m1/s1. The first kappa shape index (κ1) is 23.8. The number of carbonyl (C=O) groups is 2. The molecule has 182 valence electrons. The zero-order chi connectivity index (χ0) is 24.8. The highest BCUT2D eigenvalue weighted by atomic mass is 19.1. The van der Waals surface area contributed by atoms with Crippen LogP contribution in [0.3, 0.4) is 0 Å². The number of fused-ring (bicyclic) bond motifs is 1. The van der Waals surface area contributed by atoms with Crippen molar-refractivity contribution in [1.82, 2.24) is 5.32 Å². The van der Waals surface area contributed by atoms with Gasteiger partial charge in [-0.25, -0.2) is 9.18 Å². The van der Waals surface area contributed by atoms with E-state index in [1.54, 1.807) is 13.8 Å². The van der Waals surface area contributed by atoms with Gasteiger partial charge in [0.2, 0.25) is 0 Å². The van der Waals surface area contributed by atoms with Crippen LogP contribution < -0.4 is 5.32 Å². The first-order valence-corrected chi connectivity index (χ1v) is 10.4. The van der Waals surface area contributed by atoms with Crippen molar-refractivity contribution in [3.63, 3.8) is 0 Å². The van der Waals surface area contributed by atoms with Gasteiger partial charge in [0, 0.05) is 22.9 Å². The Balaban J connectivity index is 1.76. The smallest absolute Gasteiger partial charge is 0.336 e. The minimum absolute atomic E-state index is 0.0339. The fourth-order valence-electron chi connectivity index (χ4n) is 4.79. The van der Waals surface area contributed by atoms with Crippen molar-refractivity contribution < 1.29 is 43.2 Å². The van der Waals surface area contributed by atoms with Gasteiger partial charge in [0.25, 0.3) is 5.09 Å². The molecule has 1 aromatic carbocycles. The molecule has 3 heterocycles. The molecule has 3 aliphatic heterocycles. The molecular weight excluding hydrogens is 455 g/mol. The van der Waals surface area contributed by atoms with Gasteiger partial charge in [0.1, 0.15) is 18.0 Å². The van der Waals surface area contributed by atoms with E-state index in [9.17, 15) is 29.2 Å². The maximum atomic E-state index is 13.9. The molecule has 0 bridgehead atoms. The number of allylic oxidation sites excluding steroid dienone is 2. The van der Waals surface area contributed by atoms with Gasteiger partial charge in [0.15, 0.2) is 17.5 Å². The zero-order valence-electron chi connectivity index (χ0n) is 18.6. The largest absolute Gasteiger partial charge is 0.466 e. The normalized spacial score (nSPS) is 30.6. The van der Waals surface area contributed by atoms with Crippen molar-refractivity contribution in [2.75, 3.05) is 20.3 Å². The summed E-state index contributed by atoms with van der Waals surface area (Å²) in [6.07, 6.45) is -3.38. The number of esters is 1. The number of methoxy groups -OCH3 is 1. The molecule has 2 fully saturated rings. The number of benzene rings is 1. The first-order chi connectivity index (χ1) is 16.1. The molecule has 1 aromatic rings. The monoisotopic (exact) mass is 478 g/mol. The molecule has 5 atom stereocenters. The van der Waals surface area contributed by atoms with E-state index in [1.807, 2.05) is 0 Å². The number of nitrogens with zero attached hydrogens (tertiary/aromatic N) is 1. The minimum Gasteiger partial charge on any atom is -0.466 e. The summed E-state index contributed by atoms with van der Waals surface area (Å²) < 4.78 is 29.6. The third kappa shape index (κ3) is 3.83. The van der Waals surface area contributed by atoms with E-state index in [4.69, 9.17) is 14.2 Å². The number of halogens is 1. The summed E-state index contributed by atoms with van der Waals surface area (Å²) in [5.74, 6) is -3.00. The molecule has 2 saturated heterocycles. The molecule has 0 saturated carbocycles. The van der Waals surface area contributed by atoms with Crippen molar-refractivity contribution in [2.45, 2.75) is 43.7 Å². The Labute approximate surface area is 193 Å². The summed E-state index contributed by atoms with van der Waals surface area (Å²) in [5.41, 5.74) is -0.846. The highest BCUT2D eigenvalue weighted by Gasteiger charge is 2.62. The number of aliphatic hydroxyl groups is 1. The molecule has 3 aliphatic rings. The van der Waals surface area contributed by atoms with Crippen molar-refractivity contribution in [1.29, 1.82) is 0 Å². The van der Waals surface area contributed by atoms with Crippen LogP contribution in [0.25, 0.3) is 0 Å². The van der Waals surface area contributed by atoms with Crippen molar-refractivity contribution >= 4 is 11.8 Å². The van der Waals surface area contributed by atoms with Crippen molar-refractivity contribution in [3.05, 3.63) is 68.3 Å². The quantitative estimate of drug-likeness (QED) is 0.344. The van der Waals surface area contributed by atoms with Crippen LogP contribution in [0.2, 0.25) is 0 Å². The molecule has 0 amide bonds. The number of Topliss-reactive ketones (excluding diaryl/α,β-unsaturated/α-hetero) is 1. The molecular formula is C22H23FN2O9. The molecule has 34 heavy (non-hydrogen) atoms. The Kier molecular flexibility index (Phi) is 6.14. The summed E-state index contributed by atoms with van der Waals surface area (Å²) in [6.45, 7) is 2.49. The maximum absolute atomic E-state index is 13.9. The second-order valence-electron chi connectivity index (χ2n) is 8.33. The molecule has 0 radical (unpaired) electrons. The lowest BCUT2D eigenvalue weighted by atomic mass is 9.74. The minimum atomic E-state index is -2.21. The second kappa shape index (κ2) is 8.78. The van der Waals surface area contributed by atoms with Gasteiger partial charge in [-0.3, -0.25) is 4.79 Å². The van der Waals surface area contributed by atoms with Crippen LogP contribution in [0, 0.1) is 15.9 Å². The summed E-state index contributed by atoms with van der Waals surface area (Å²) in [6, 6.07) is 5.27. The van der Waals surface area contributed by atoms with E-state index in [-0.39, 0.29) is 17.8 Å². The first-order valence-electron chi connectivity index (χ1n) is 10.4. The fraction of sp³-hybridized carbons (Fsp3) is 0.455. The van der Waals surface area contributed by atoms with Gasteiger partial charge in [-0.15, -0.1) is 10.1 Å². The molecule has 0 spiro atoms. The van der Waals surface area contributed by atoms with Crippen LogP contribution in [-0.2, 0) is 28.6 Å². The molecule has 0 aliphatic carbocycles. The van der Waals surface area contributed by atoms with E-state index in [0.29, 0.717) is 17.0 Å². The number of rotatable bonds is 6. The summed E-state index contributed by atoms with van der Waals surface area (Å²) in [7, 11) is 1.20. The molecule has 11 nitrogen and oxygen atoms in total. The van der Waals surface area contributed by atoms with Crippen LogP contribution in [0.1, 0.15) is 25.3 Å². The predicted molar refractivity (Wildman–Crippen MR) is 111 cm³/mol. The number of ether oxygens (including phenoxy) is 3. The number of hydrogen-bond donors (Lipinski definition) is 2. The van der Waals surface area contributed by atoms with Crippen LogP contribution >= 0.6 is 0 Å². The predicted octanol–water partition coefficient (Wildman–Crippen LogP) is 0.908. The number of carbonyl (C=O) groups excluding carboxylic acids is 2. The van der Waals surface area contributed by atoms with E-state index in [0.717, 1.165) is 0 Å². The maximum Gasteiger partial charge on any atom is 0.336 e. The topological polar surface area (TPSA) is 146 Å². The lowest BCUT2D eigenvalue weighted by molar-refractivity contribution is -0.769. The van der Waals surface area contributed by atoms with Crippen molar-refractivity contribution in [2.24, 2.45) is 0 Å². The molecule has 1 unspecified atom stereocenters. The number of ketones is 1. The lowest BCUT2D eigenvalue weighted by Gasteiger charge is -2.34. The van der Waals surface area contributed by atoms with E-state index in [1.165, 1.54) is 31.4 Å². The summed E-state index contributed by atoms with van der Waals surface area (Å²) >= 11 is 0. The number of nitrogens with one attached hydrogen (secondary N) is 1. The van der Waals surface area contributed by atoms with E-state index >= 15 is 0 Å². The van der Waals surface area contributed by atoms with Gasteiger partial charge < -0.3 is 29.5 Å². The van der Waals surface area contributed by atoms with Gasteiger partial charge in [-0.05, 0) is 31.5 Å². The van der Waals surface area contributed by atoms with Gasteiger partial charge in [-0.1, -0.05) is 12.1 Å². The fourth-order valence-corrected chi connectivity index (χ4v) is 4.79. The van der Waals surface area contributed by atoms with Crippen LogP contribution in [-0.4, -0.2) is 66.2 Å². The highest BCUT2D eigenvalue weighted by molar-refractivity contribution is 6.07. The lowest BCUT2D eigenvalue weighted by Crippen LogP contribution is -2.53. The summed E-state index contributed by atoms with van der Waals surface area (Å²) in [5, 5.41) is 24.2. The Morgan fingerprint density at radius 3 is 2.47 bits per heavy atom. The number of hydrogen-bond acceptors (Lipinski definition) is 10. The average Bonchev–Trinajstić information content (AvgIpc) is 3.34. The van der Waals surface area contributed by atoms with Crippen molar-refractivity contribution in [3.8, 4) is 0 Å². The van der Waals surface area contributed by atoms with Crippen LogP contribution in [0.4, 0.5) is 4.39 Å². The van der Waals surface area contributed by atoms with E-state index < -0.39 is 59.1 Å². The highest BCUT2D eigenvalue weighted by Crippen LogP contribution is 2.44. The second-order valence-corrected chi connectivity index (χ2v) is 8.33. The summed E-state index contributed by atoms with van der Waals surface area (Å²) in [4.78, 5) is 41.9. The van der Waals surface area contributed by atoms with Gasteiger partial charge >= 0.3 is 5.97 Å². The average molecular weight is 478 g/mol. The van der Waals surface area contributed by atoms with E-state index in [2.05, 4.69) is 10.2 Å². The Morgan fingerprint density at radius 1 is 1.21 bits per heavy atom. The molecule has 0 aromatic heterocycles. The van der Waals surface area contributed by atoms with Crippen LogP contribution in [0.5, 0.6) is 0 Å². The zero-order valence-corrected chi connectivity index (χ0v) is 18.6. The molecule has 2 N–H and O–H groups in total. The molecule has 4 rings (SSSR count). The van der Waals surface area contributed by atoms with Gasteiger partial charge in [-0.2, -0.15) is 0 Å². The number of dihydropyridines is 1. The SMILES string of the molecule is COC(=O)C1=C(C)NC(C)=C(C(=O)[C@]2(O)CO[C@@H]3[C@H](O[N+](=O)[O-])CO[C@@H]32)C1c1ccc(F)cc1. The Hall–Kier alpha value is -3.35. The van der Waals surface area contributed by atoms with Crippen LogP contribution in [0.15, 0.2) is 46.8 Å². The third-order valence-corrected chi connectivity index (χ3v) is 6.30. The third-order valence-electron chi connectivity index (χ3n) is 6.30. The molecule has 12 heteroatoms. The van der Waals surface area contributed by atoms with Gasteiger partial charge in [0.05, 0.1) is 25.9 Å².